The normalized spacial score (nSPS) is 10.6. The number of fused-ring (bicyclic) bond motifs is 1. The summed E-state index contributed by atoms with van der Waals surface area (Å²) in [5.41, 5.74) is 5.82. The van der Waals surface area contributed by atoms with Crippen LogP contribution in [0, 0.1) is 12.7 Å². The van der Waals surface area contributed by atoms with E-state index in [0.717, 1.165) is 21.5 Å². The molecule has 0 aliphatic rings. The number of nitrogens with zero attached hydrogens (tertiary/aromatic N) is 2. The van der Waals surface area contributed by atoms with Crippen molar-refractivity contribution in [3.05, 3.63) is 83.6 Å². The summed E-state index contributed by atoms with van der Waals surface area (Å²) in [5, 5.41) is 12.8. The number of nitrogens with one attached hydrogen (secondary N) is 2. The van der Waals surface area contributed by atoms with Gasteiger partial charge in [0.05, 0.1) is 30.1 Å². The van der Waals surface area contributed by atoms with Crippen molar-refractivity contribution in [2.24, 2.45) is 0 Å². The molecule has 0 saturated carbocycles. The van der Waals surface area contributed by atoms with Crippen molar-refractivity contribution in [3.8, 4) is 0 Å². The molecule has 36 heavy (non-hydrogen) atoms. The number of halogens is 1. The van der Waals surface area contributed by atoms with Gasteiger partial charge in [-0.2, -0.15) is 0 Å². The van der Waals surface area contributed by atoms with Crippen molar-refractivity contribution in [3.63, 3.8) is 0 Å². The number of aliphatic hydroxyl groups is 1. The Kier molecular flexibility index (Phi) is 9.86. The standard InChI is InChI=1S/C25H25FN4O3S.C2H6/c1-16-3-8-21(20(26)13-16)28-23-19-14-27-10-9-22(19)30(24(23)25(32)29-33-12-11-31)15-17-4-6-18(34-2)7-5-17;1-2/h3-10,13-14,28,31H,11-12,15H2,1-2H3,(H,29,32);1-2H3. The third-order valence-corrected chi connectivity index (χ3v) is 6.07. The molecule has 9 heteroatoms. The first-order valence-corrected chi connectivity index (χ1v) is 12.9. The molecule has 7 nitrogen and oxygen atoms in total. The minimum absolute atomic E-state index is 0.0565. The summed E-state index contributed by atoms with van der Waals surface area (Å²) < 4.78 is 16.5. The minimum atomic E-state index is -0.527. The van der Waals surface area contributed by atoms with Gasteiger partial charge in [0, 0.05) is 29.2 Å². The van der Waals surface area contributed by atoms with Crippen molar-refractivity contribution in [1.82, 2.24) is 15.0 Å². The van der Waals surface area contributed by atoms with Crippen LogP contribution in [-0.2, 0) is 11.4 Å². The van der Waals surface area contributed by atoms with E-state index in [1.165, 1.54) is 6.07 Å². The summed E-state index contributed by atoms with van der Waals surface area (Å²) in [7, 11) is 0. The highest BCUT2D eigenvalue weighted by Crippen LogP contribution is 2.34. The summed E-state index contributed by atoms with van der Waals surface area (Å²) in [6.45, 7) is 5.91. The van der Waals surface area contributed by atoms with Crippen LogP contribution >= 0.6 is 11.8 Å². The highest BCUT2D eigenvalue weighted by atomic mass is 32.2. The van der Waals surface area contributed by atoms with Crippen molar-refractivity contribution < 1.29 is 19.1 Å². The first kappa shape index (κ1) is 27.2. The van der Waals surface area contributed by atoms with Gasteiger partial charge < -0.3 is 15.0 Å². The van der Waals surface area contributed by atoms with Crippen LogP contribution in [0.3, 0.4) is 0 Å². The second-order valence-electron chi connectivity index (χ2n) is 7.66. The molecule has 4 rings (SSSR count). The molecule has 0 aliphatic carbocycles. The van der Waals surface area contributed by atoms with Crippen molar-refractivity contribution in [2.45, 2.75) is 32.2 Å². The van der Waals surface area contributed by atoms with Crippen LogP contribution in [0.15, 0.2) is 65.8 Å². The number of carbonyl (C=O) groups excluding carboxylic acids is 1. The third kappa shape index (κ3) is 6.23. The number of pyridine rings is 1. The highest BCUT2D eigenvalue weighted by molar-refractivity contribution is 7.98. The topological polar surface area (TPSA) is 88.4 Å². The lowest BCUT2D eigenvalue weighted by Gasteiger charge is -2.14. The lowest BCUT2D eigenvalue weighted by atomic mass is 10.2. The molecule has 2 heterocycles. The number of benzene rings is 2. The molecular weight excluding hydrogens is 479 g/mol. The highest BCUT2D eigenvalue weighted by Gasteiger charge is 2.24. The molecule has 0 fully saturated rings. The number of hydrogen-bond donors (Lipinski definition) is 3. The SMILES string of the molecule is CC.CSc1ccc(Cn2c(C(=O)NOCCO)c(Nc3ccc(C)cc3F)c3cnccc32)cc1. The molecule has 0 radical (unpaired) electrons. The number of aryl methyl sites for hydroxylation is 1. The van der Waals surface area contributed by atoms with E-state index in [1.807, 2.05) is 61.9 Å². The van der Waals surface area contributed by atoms with E-state index in [2.05, 4.69) is 15.8 Å². The van der Waals surface area contributed by atoms with Crippen LogP contribution in [0.4, 0.5) is 15.8 Å². The predicted octanol–water partition coefficient (Wildman–Crippen LogP) is 5.68. The summed E-state index contributed by atoms with van der Waals surface area (Å²) in [4.78, 5) is 23.7. The maximum atomic E-state index is 14.7. The Labute approximate surface area is 214 Å². The van der Waals surface area contributed by atoms with Gasteiger partial charge in [0.2, 0.25) is 0 Å². The molecule has 0 saturated heterocycles. The Morgan fingerprint density at radius 2 is 1.92 bits per heavy atom. The van der Waals surface area contributed by atoms with Crippen LogP contribution in [-0.4, -0.2) is 40.0 Å². The van der Waals surface area contributed by atoms with Gasteiger partial charge >= 0.3 is 0 Å². The maximum absolute atomic E-state index is 14.7. The molecular formula is C27H31FN4O3S. The Morgan fingerprint density at radius 1 is 1.17 bits per heavy atom. The molecule has 4 aromatic rings. The van der Waals surface area contributed by atoms with E-state index in [0.29, 0.717) is 17.6 Å². The van der Waals surface area contributed by atoms with E-state index in [-0.39, 0.29) is 24.6 Å². The van der Waals surface area contributed by atoms with Gasteiger partial charge in [-0.1, -0.05) is 32.0 Å². The third-order valence-electron chi connectivity index (χ3n) is 5.32. The number of anilines is 2. The molecule has 0 aliphatic heterocycles. The monoisotopic (exact) mass is 510 g/mol. The summed E-state index contributed by atoms with van der Waals surface area (Å²) in [6.07, 6.45) is 5.30. The molecule has 190 valence electrons. The quantitative estimate of drug-likeness (QED) is 0.153. The van der Waals surface area contributed by atoms with E-state index >= 15 is 0 Å². The van der Waals surface area contributed by atoms with Gasteiger partial charge in [-0.15, -0.1) is 11.8 Å². The average molecular weight is 511 g/mol. The molecule has 0 spiro atoms. The van der Waals surface area contributed by atoms with Gasteiger partial charge in [0.25, 0.3) is 5.91 Å². The minimum Gasteiger partial charge on any atom is -0.394 e. The number of rotatable bonds is 9. The number of hydrogen-bond acceptors (Lipinski definition) is 6. The fourth-order valence-corrected chi connectivity index (χ4v) is 4.11. The lowest BCUT2D eigenvalue weighted by molar-refractivity contribution is 0.0163. The fraction of sp³-hybridized carbons (Fsp3) is 0.259. The predicted molar refractivity (Wildman–Crippen MR) is 143 cm³/mol. The number of aromatic nitrogens is 2. The van der Waals surface area contributed by atoms with E-state index in [4.69, 9.17) is 9.94 Å². The zero-order chi connectivity index (χ0) is 26.1. The Bertz CT molecular complexity index is 1310. The number of aliphatic hydroxyl groups excluding tert-OH is 1. The molecule has 2 aromatic carbocycles. The average Bonchev–Trinajstić information content (AvgIpc) is 3.20. The van der Waals surface area contributed by atoms with Gasteiger partial charge in [-0.25, -0.2) is 9.87 Å². The first-order chi connectivity index (χ1) is 17.5. The molecule has 3 N–H and O–H groups in total. The molecule has 0 bridgehead atoms. The molecule has 2 aromatic heterocycles. The summed E-state index contributed by atoms with van der Waals surface area (Å²) in [5.74, 6) is -0.958. The molecule has 0 atom stereocenters. The maximum Gasteiger partial charge on any atom is 0.293 e. The molecule has 0 unspecified atom stereocenters. The number of thioether (sulfide) groups is 1. The van der Waals surface area contributed by atoms with Gasteiger partial charge in [0.1, 0.15) is 11.5 Å². The first-order valence-electron chi connectivity index (χ1n) is 11.7. The van der Waals surface area contributed by atoms with Crippen LogP contribution < -0.4 is 10.8 Å². The van der Waals surface area contributed by atoms with E-state index < -0.39 is 11.7 Å². The smallest absolute Gasteiger partial charge is 0.293 e. The van der Waals surface area contributed by atoms with Crippen LogP contribution in [0.1, 0.15) is 35.5 Å². The molecule has 1 amide bonds. The fourth-order valence-electron chi connectivity index (χ4n) is 3.71. The van der Waals surface area contributed by atoms with Crippen molar-refractivity contribution >= 4 is 39.9 Å². The second kappa shape index (κ2) is 13.1. The van der Waals surface area contributed by atoms with E-state index in [1.54, 1.807) is 36.3 Å². The summed E-state index contributed by atoms with van der Waals surface area (Å²) >= 11 is 1.65. The zero-order valence-electron chi connectivity index (χ0n) is 20.8. The van der Waals surface area contributed by atoms with Crippen LogP contribution in [0.2, 0.25) is 0 Å². The number of amides is 1. The van der Waals surface area contributed by atoms with Crippen LogP contribution in [0.5, 0.6) is 0 Å². The zero-order valence-corrected chi connectivity index (χ0v) is 21.7. The number of hydroxylamine groups is 1. The van der Waals surface area contributed by atoms with Crippen molar-refractivity contribution in [1.29, 1.82) is 0 Å². The van der Waals surface area contributed by atoms with Crippen LogP contribution in [0.25, 0.3) is 10.9 Å². The Morgan fingerprint density at radius 3 is 2.58 bits per heavy atom. The Balaban J connectivity index is 0.00000176. The van der Waals surface area contributed by atoms with Gasteiger partial charge in [-0.3, -0.25) is 14.6 Å². The lowest BCUT2D eigenvalue weighted by Crippen LogP contribution is -2.28. The van der Waals surface area contributed by atoms with Gasteiger partial charge in [0.15, 0.2) is 0 Å². The van der Waals surface area contributed by atoms with Gasteiger partial charge in [-0.05, 0) is 54.6 Å². The van der Waals surface area contributed by atoms with E-state index in [9.17, 15) is 9.18 Å². The Hall–Kier alpha value is -3.40. The summed E-state index contributed by atoms with van der Waals surface area (Å²) in [6, 6.07) is 14.7. The second-order valence-corrected chi connectivity index (χ2v) is 8.54. The largest absolute Gasteiger partial charge is 0.394 e. The van der Waals surface area contributed by atoms with Crippen molar-refractivity contribution in [2.75, 3.05) is 24.8 Å². The number of carbonyl (C=O) groups is 1.